The van der Waals surface area contributed by atoms with Crippen molar-refractivity contribution in [3.8, 4) is 0 Å². The largest absolute Gasteiger partial charge is 0.387 e. The number of aliphatic hydroxyl groups excluding tert-OH is 1. The fraction of sp³-hybridized carbons (Fsp3) is 0.450. The molecule has 3 heterocycles. The number of hydrogen-bond acceptors (Lipinski definition) is 4. The molecule has 1 saturated heterocycles. The van der Waals surface area contributed by atoms with E-state index in [-0.39, 0.29) is 17.5 Å². The number of likely N-dealkylation sites (tertiary alicyclic amines) is 1. The van der Waals surface area contributed by atoms with E-state index in [1.165, 1.54) is 6.07 Å². The minimum atomic E-state index is -0.583. The van der Waals surface area contributed by atoms with Crippen LogP contribution < -0.4 is 10.9 Å². The van der Waals surface area contributed by atoms with Crippen molar-refractivity contribution in [2.45, 2.75) is 31.9 Å². The molecule has 1 aliphatic heterocycles. The average molecular weight is 370 g/mol. The summed E-state index contributed by atoms with van der Waals surface area (Å²) in [5, 5.41) is 13.4. The smallest absolute Gasteiger partial charge is 0.317 e. The summed E-state index contributed by atoms with van der Waals surface area (Å²) in [4.78, 5) is 29.9. The van der Waals surface area contributed by atoms with Gasteiger partial charge in [0.2, 0.25) is 5.56 Å². The Hall–Kier alpha value is -2.67. The van der Waals surface area contributed by atoms with Crippen LogP contribution in [-0.2, 0) is 6.54 Å². The number of aromatic nitrogens is 2. The lowest BCUT2D eigenvalue weighted by Gasteiger charge is -2.34. The van der Waals surface area contributed by atoms with Crippen LogP contribution >= 0.6 is 0 Å². The summed E-state index contributed by atoms with van der Waals surface area (Å²) in [5.74, 6) is 0.119. The second-order valence-corrected chi connectivity index (χ2v) is 6.84. The van der Waals surface area contributed by atoms with Gasteiger partial charge < -0.3 is 19.9 Å². The molecule has 2 amide bonds. The standard InChI is InChI=1S/C20H26N4O3/c25-18-7-2-4-12-23(18)13-5-11-22-20(27)24-14-8-16(9-15-24)19(26)17-6-1-3-10-21-17/h1-4,6-7,10,12,16,19,26H,5,8-9,11,13-15H2,(H,22,27)/t19-/m1/s1. The first kappa shape index (κ1) is 19.1. The molecule has 27 heavy (non-hydrogen) atoms. The molecule has 1 aliphatic rings. The molecule has 1 fully saturated rings. The first-order valence-corrected chi connectivity index (χ1v) is 9.42. The van der Waals surface area contributed by atoms with E-state index in [0.29, 0.717) is 38.3 Å². The lowest BCUT2D eigenvalue weighted by Crippen LogP contribution is -2.45. The first-order valence-electron chi connectivity index (χ1n) is 9.42. The molecule has 0 aromatic carbocycles. The van der Waals surface area contributed by atoms with Gasteiger partial charge in [-0.3, -0.25) is 9.78 Å². The lowest BCUT2D eigenvalue weighted by atomic mass is 9.89. The van der Waals surface area contributed by atoms with Crippen molar-refractivity contribution in [3.63, 3.8) is 0 Å². The highest BCUT2D eigenvalue weighted by atomic mass is 16.3. The number of carbonyl (C=O) groups is 1. The Morgan fingerprint density at radius 3 is 2.70 bits per heavy atom. The fourth-order valence-electron chi connectivity index (χ4n) is 3.41. The quantitative estimate of drug-likeness (QED) is 0.759. The zero-order chi connectivity index (χ0) is 19.1. The first-order chi connectivity index (χ1) is 13.1. The second-order valence-electron chi connectivity index (χ2n) is 6.84. The van der Waals surface area contributed by atoms with Crippen LogP contribution in [0.3, 0.4) is 0 Å². The van der Waals surface area contributed by atoms with Crippen molar-refractivity contribution in [1.29, 1.82) is 0 Å². The van der Waals surface area contributed by atoms with E-state index in [2.05, 4.69) is 10.3 Å². The summed E-state index contributed by atoms with van der Waals surface area (Å²) >= 11 is 0. The molecule has 3 rings (SSSR count). The number of amides is 2. The van der Waals surface area contributed by atoms with E-state index in [4.69, 9.17) is 0 Å². The Morgan fingerprint density at radius 2 is 2.00 bits per heavy atom. The summed E-state index contributed by atoms with van der Waals surface area (Å²) in [6.45, 7) is 2.35. The number of pyridine rings is 2. The molecule has 0 radical (unpaired) electrons. The molecule has 0 saturated carbocycles. The molecular formula is C20H26N4O3. The van der Waals surface area contributed by atoms with Crippen LogP contribution in [0.5, 0.6) is 0 Å². The molecule has 7 heteroatoms. The maximum atomic E-state index is 12.3. The van der Waals surface area contributed by atoms with E-state index in [1.807, 2.05) is 24.3 Å². The van der Waals surface area contributed by atoms with Crippen LogP contribution in [0.15, 0.2) is 53.6 Å². The third kappa shape index (κ3) is 5.17. The molecule has 144 valence electrons. The SMILES string of the molecule is O=C(NCCCn1ccccc1=O)N1CCC([C@@H](O)c2ccccn2)CC1. The van der Waals surface area contributed by atoms with Gasteiger partial charge in [-0.1, -0.05) is 12.1 Å². The predicted molar refractivity (Wildman–Crippen MR) is 102 cm³/mol. The van der Waals surface area contributed by atoms with Gasteiger partial charge in [-0.2, -0.15) is 0 Å². The maximum Gasteiger partial charge on any atom is 0.317 e. The third-order valence-corrected chi connectivity index (χ3v) is 5.02. The maximum absolute atomic E-state index is 12.3. The van der Waals surface area contributed by atoms with Gasteiger partial charge in [0.05, 0.1) is 11.8 Å². The highest BCUT2D eigenvalue weighted by Crippen LogP contribution is 2.29. The number of aliphatic hydroxyl groups is 1. The minimum Gasteiger partial charge on any atom is -0.387 e. The van der Waals surface area contributed by atoms with E-state index in [0.717, 1.165) is 12.8 Å². The van der Waals surface area contributed by atoms with Crippen LogP contribution in [0.1, 0.15) is 31.1 Å². The van der Waals surface area contributed by atoms with Gasteiger partial charge in [0, 0.05) is 44.6 Å². The Bertz CT molecular complexity index is 785. The average Bonchev–Trinajstić information content (AvgIpc) is 2.72. The van der Waals surface area contributed by atoms with Gasteiger partial charge in [0.25, 0.3) is 0 Å². The molecule has 0 unspecified atom stereocenters. The lowest BCUT2D eigenvalue weighted by molar-refractivity contribution is 0.0636. The van der Waals surface area contributed by atoms with Crippen LogP contribution in [0.25, 0.3) is 0 Å². The van der Waals surface area contributed by atoms with Crippen molar-refractivity contribution in [1.82, 2.24) is 19.8 Å². The summed E-state index contributed by atoms with van der Waals surface area (Å²) < 4.78 is 1.64. The number of aryl methyl sites for hydroxylation is 1. The Balaban J connectivity index is 1.38. The molecule has 7 nitrogen and oxygen atoms in total. The molecule has 0 spiro atoms. The number of nitrogens with one attached hydrogen (secondary N) is 1. The topological polar surface area (TPSA) is 87.5 Å². The van der Waals surface area contributed by atoms with Crippen LogP contribution in [0, 0.1) is 5.92 Å². The van der Waals surface area contributed by atoms with Gasteiger partial charge >= 0.3 is 6.03 Å². The van der Waals surface area contributed by atoms with Crippen LogP contribution in [-0.4, -0.2) is 45.2 Å². The van der Waals surface area contributed by atoms with Gasteiger partial charge in [0.1, 0.15) is 0 Å². The summed E-state index contributed by atoms with van der Waals surface area (Å²) in [6, 6.07) is 10.5. The molecular weight excluding hydrogens is 344 g/mol. The molecule has 0 bridgehead atoms. The highest BCUT2D eigenvalue weighted by Gasteiger charge is 2.28. The van der Waals surface area contributed by atoms with E-state index in [1.54, 1.807) is 27.9 Å². The van der Waals surface area contributed by atoms with Crippen molar-refractivity contribution >= 4 is 6.03 Å². The van der Waals surface area contributed by atoms with Gasteiger partial charge in [0.15, 0.2) is 0 Å². The predicted octanol–water partition coefficient (Wildman–Crippen LogP) is 1.79. The van der Waals surface area contributed by atoms with E-state index < -0.39 is 6.10 Å². The second kappa shape index (κ2) is 9.32. The zero-order valence-electron chi connectivity index (χ0n) is 15.3. The summed E-state index contributed by atoms with van der Waals surface area (Å²) in [6.07, 6.45) is 5.06. The van der Waals surface area contributed by atoms with Crippen molar-refractivity contribution < 1.29 is 9.90 Å². The molecule has 2 aromatic rings. The van der Waals surface area contributed by atoms with Gasteiger partial charge in [-0.15, -0.1) is 0 Å². The Labute approximate surface area is 158 Å². The van der Waals surface area contributed by atoms with E-state index in [9.17, 15) is 14.7 Å². The van der Waals surface area contributed by atoms with E-state index >= 15 is 0 Å². The molecule has 2 aromatic heterocycles. The summed E-state index contributed by atoms with van der Waals surface area (Å²) in [7, 11) is 0. The highest BCUT2D eigenvalue weighted by molar-refractivity contribution is 5.74. The van der Waals surface area contributed by atoms with Gasteiger partial charge in [-0.25, -0.2) is 4.79 Å². The zero-order valence-corrected chi connectivity index (χ0v) is 15.3. The van der Waals surface area contributed by atoms with Crippen LogP contribution in [0.4, 0.5) is 4.79 Å². The van der Waals surface area contributed by atoms with Gasteiger partial charge in [-0.05, 0) is 43.4 Å². The number of carbonyl (C=O) groups excluding carboxylic acids is 1. The van der Waals surface area contributed by atoms with Crippen LogP contribution in [0.2, 0.25) is 0 Å². The fourth-order valence-corrected chi connectivity index (χ4v) is 3.41. The number of rotatable bonds is 6. The normalized spacial score (nSPS) is 16.1. The summed E-state index contributed by atoms with van der Waals surface area (Å²) in [5.41, 5.74) is 0.661. The number of hydrogen-bond donors (Lipinski definition) is 2. The monoisotopic (exact) mass is 370 g/mol. The van der Waals surface area contributed by atoms with Crippen molar-refractivity contribution in [2.24, 2.45) is 5.92 Å². The van der Waals surface area contributed by atoms with Crippen molar-refractivity contribution in [3.05, 3.63) is 64.8 Å². The number of nitrogens with zero attached hydrogens (tertiary/aromatic N) is 3. The third-order valence-electron chi connectivity index (χ3n) is 5.02. The molecule has 0 aliphatic carbocycles. The number of piperidine rings is 1. The minimum absolute atomic E-state index is 0.0302. The Morgan fingerprint density at radius 1 is 1.22 bits per heavy atom. The Kier molecular flexibility index (Phi) is 6.59. The molecule has 2 N–H and O–H groups in total. The number of urea groups is 1. The molecule has 1 atom stereocenters. The van der Waals surface area contributed by atoms with Crippen molar-refractivity contribution in [2.75, 3.05) is 19.6 Å².